The largest absolute Gasteiger partial charge is 0.346 e. The zero-order chi connectivity index (χ0) is 16.2. The number of carbonyl (C=O) groups is 1. The van der Waals surface area contributed by atoms with Crippen molar-refractivity contribution in [1.82, 2.24) is 10.3 Å². The first-order valence-corrected chi connectivity index (χ1v) is 8.48. The van der Waals surface area contributed by atoms with Crippen molar-refractivity contribution in [2.75, 3.05) is 18.0 Å². The highest BCUT2D eigenvalue weighted by Crippen LogP contribution is 2.25. The van der Waals surface area contributed by atoms with Crippen molar-refractivity contribution < 1.29 is 4.79 Å². The fraction of sp³-hybridized carbons (Fsp3) is 0.333. The molecule has 1 amide bonds. The number of thiazole rings is 1. The molecule has 1 aliphatic rings. The van der Waals surface area contributed by atoms with Crippen molar-refractivity contribution in [3.05, 3.63) is 46.5 Å². The van der Waals surface area contributed by atoms with E-state index in [1.54, 1.807) is 11.3 Å². The number of carbonyl (C=O) groups excluding carboxylic acids is 1. The number of nitrogens with one attached hydrogen (secondary N) is 1. The van der Waals surface area contributed by atoms with Gasteiger partial charge in [-0.15, -0.1) is 11.3 Å². The minimum Gasteiger partial charge on any atom is -0.346 e. The highest BCUT2D eigenvalue weighted by atomic mass is 32.1. The average molecular weight is 325 g/mol. The molecule has 118 valence electrons. The van der Waals surface area contributed by atoms with E-state index in [1.165, 1.54) is 4.88 Å². The summed E-state index contributed by atoms with van der Waals surface area (Å²) in [4.78, 5) is 19.8. The van der Waals surface area contributed by atoms with Crippen molar-refractivity contribution in [1.29, 1.82) is 0 Å². The van der Waals surface area contributed by atoms with E-state index >= 15 is 0 Å². The third-order valence-electron chi connectivity index (χ3n) is 3.74. The Morgan fingerprint density at radius 2 is 2.30 bits per heavy atom. The Hall–Kier alpha value is -2.32. The number of hydrogen-bond donors (Lipinski definition) is 1. The zero-order valence-corrected chi connectivity index (χ0v) is 14.1. The molecule has 0 aliphatic carbocycles. The lowest BCUT2D eigenvalue weighted by Gasteiger charge is -2.14. The summed E-state index contributed by atoms with van der Waals surface area (Å²) >= 11 is 1.69. The van der Waals surface area contributed by atoms with Gasteiger partial charge in [-0.2, -0.15) is 0 Å². The minimum absolute atomic E-state index is 0.138. The number of benzene rings is 1. The fourth-order valence-corrected chi connectivity index (χ4v) is 3.41. The van der Waals surface area contributed by atoms with Crippen LogP contribution in [0, 0.1) is 25.7 Å². The van der Waals surface area contributed by atoms with Crippen LogP contribution in [-0.4, -0.2) is 30.0 Å². The van der Waals surface area contributed by atoms with Crippen LogP contribution in [0.5, 0.6) is 0 Å². The average Bonchev–Trinajstić information content (AvgIpc) is 3.14. The van der Waals surface area contributed by atoms with Crippen molar-refractivity contribution in [3.63, 3.8) is 0 Å². The molecule has 1 atom stereocenters. The lowest BCUT2D eigenvalue weighted by molar-refractivity contribution is -0.116. The van der Waals surface area contributed by atoms with Gasteiger partial charge in [0.2, 0.25) is 0 Å². The number of nitrogens with zero attached hydrogens (tertiary/aromatic N) is 2. The van der Waals surface area contributed by atoms with Gasteiger partial charge >= 0.3 is 0 Å². The van der Waals surface area contributed by atoms with Crippen LogP contribution in [0.3, 0.4) is 0 Å². The lowest BCUT2D eigenvalue weighted by atomic mass is 10.1. The number of amides is 1. The first-order valence-electron chi connectivity index (χ1n) is 7.67. The number of aromatic nitrogens is 1. The van der Waals surface area contributed by atoms with E-state index in [0.29, 0.717) is 0 Å². The number of hydrogen-bond acceptors (Lipinski definition) is 4. The van der Waals surface area contributed by atoms with Gasteiger partial charge in [-0.05, 0) is 38.0 Å². The van der Waals surface area contributed by atoms with Crippen LogP contribution in [0.2, 0.25) is 0 Å². The Kier molecular flexibility index (Phi) is 4.63. The van der Waals surface area contributed by atoms with Gasteiger partial charge in [0, 0.05) is 41.7 Å². The number of aryl methyl sites for hydroxylation is 2. The second kappa shape index (κ2) is 6.84. The molecule has 23 heavy (non-hydrogen) atoms. The highest BCUT2D eigenvalue weighted by molar-refractivity contribution is 7.15. The second-order valence-electron chi connectivity index (χ2n) is 5.78. The fourth-order valence-electron chi connectivity index (χ4n) is 2.61. The van der Waals surface area contributed by atoms with E-state index in [-0.39, 0.29) is 11.9 Å². The van der Waals surface area contributed by atoms with Gasteiger partial charge in [-0.25, -0.2) is 4.98 Å². The third kappa shape index (κ3) is 4.11. The molecule has 5 heteroatoms. The summed E-state index contributed by atoms with van der Waals surface area (Å²) in [5, 5.41) is 4.03. The normalized spacial score (nSPS) is 16.8. The summed E-state index contributed by atoms with van der Waals surface area (Å²) in [5.74, 6) is 5.39. The summed E-state index contributed by atoms with van der Waals surface area (Å²) in [6.07, 6.45) is 2.82. The Bertz CT molecular complexity index is 772. The van der Waals surface area contributed by atoms with Crippen LogP contribution in [0.25, 0.3) is 0 Å². The molecule has 0 spiro atoms. The van der Waals surface area contributed by atoms with Crippen molar-refractivity contribution in [2.24, 2.45) is 0 Å². The zero-order valence-electron chi connectivity index (χ0n) is 13.3. The van der Waals surface area contributed by atoms with Crippen LogP contribution >= 0.6 is 11.3 Å². The Labute approximate surface area is 140 Å². The third-order valence-corrected chi connectivity index (χ3v) is 4.72. The summed E-state index contributed by atoms with van der Waals surface area (Å²) in [6.45, 7) is 5.78. The van der Waals surface area contributed by atoms with E-state index in [0.717, 1.165) is 35.8 Å². The summed E-state index contributed by atoms with van der Waals surface area (Å²) in [6, 6.07) is 7.98. The maximum atomic E-state index is 12.0. The van der Waals surface area contributed by atoms with E-state index < -0.39 is 0 Å². The van der Waals surface area contributed by atoms with E-state index in [2.05, 4.69) is 34.0 Å². The molecule has 1 aliphatic heterocycles. The molecule has 2 aromatic rings. The maximum absolute atomic E-state index is 12.0. The molecule has 1 N–H and O–H groups in total. The molecule has 1 aromatic carbocycles. The summed E-state index contributed by atoms with van der Waals surface area (Å²) < 4.78 is 0. The predicted octanol–water partition coefficient (Wildman–Crippen LogP) is 2.51. The summed E-state index contributed by atoms with van der Waals surface area (Å²) in [7, 11) is 0. The van der Waals surface area contributed by atoms with Gasteiger partial charge in [-0.3, -0.25) is 4.79 Å². The summed E-state index contributed by atoms with van der Waals surface area (Å²) in [5.41, 5.74) is 2.01. The van der Waals surface area contributed by atoms with Gasteiger partial charge in [0.05, 0.1) is 0 Å². The molecule has 0 bridgehead atoms. The Morgan fingerprint density at radius 1 is 1.43 bits per heavy atom. The number of anilines is 1. The molecule has 0 saturated carbocycles. The Morgan fingerprint density at radius 3 is 3.04 bits per heavy atom. The molecule has 1 unspecified atom stereocenters. The quantitative estimate of drug-likeness (QED) is 0.863. The van der Waals surface area contributed by atoms with Crippen LogP contribution in [-0.2, 0) is 4.79 Å². The predicted molar refractivity (Wildman–Crippen MR) is 93.7 cm³/mol. The number of rotatable bonds is 2. The van der Waals surface area contributed by atoms with Gasteiger partial charge in [0.15, 0.2) is 5.13 Å². The van der Waals surface area contributed by atoms with E-state index in [1.807, 2.05) is 37.4 Å². The second-order valence-corrected chi connectivity index (χ2v) is 6.99. The minimum atomic E-state index is -0.214. The van der Waals surface area contributed by atoms with E-state index in [4.69, 9.17) is 0 Å². The highest BCUT2D eigenvalue weighted by Gasteiger charge is 2.25. The topological polar surface area (TPSA) is 45.2 Å². The standard InChI is InChI=1S/C18H19N3OS/c1-13-4-3-5-15(10-13)6-7-17(22)20-16-8-9-21(12-16)18-19-11-14(2)23-18/h3-5,10-11,16H,8-9,12H2,1-2H3,(H,20,22). The monoisotopic (exact) mass is 325 g/mol. The Balaban J connectivity index is 1.55. The molecular formula is C18H19N3OS. The van der Waals surface area contributed by atoms with Gasteiger partial charge in [0.1, 0.15) is 0 Å². The van der Waals surface area contributed by atoms with Gasteiger partial charge in [0.25, 0.3) is 5.91 Å². The van der Waals surface area contributed by atoms with Gasteiger partial charge < -0.3 is 10.2 Å². The molecule has 2 heterocycles. The smallest absolute Gasteiger partial charge is 0.296 e. The van der Waals surface area contributed by atoms with Crippen molar-refractivity contribution in [2.45, 2.75) is 26.3 Å². The molecule has 1 aromatic heterocycles. The van der Waals surface area contributed by atoms with Gasteiger partial charge in [-0.1, -0.05) is 18.1 Å². The molecule has 1 saturated heterocycles. The lowest BCUT2D eigenvalue weighted by Crippen LogP contribution is -2.36. The molecule has 4 nitrogen and oxygen atoms in total. The van der Waals surface area contributed by atoms with E-state index in [9.17, 15) is 4.79 Å². The van der Waals surface area contributed by atoms with Crippen LogP contribution < -0.4 is 10.2 Å². The maximum Gasteiger partial charge on any atom is 0.296 e. The van der Waals surface area contributed by atoms with Crippen molar-refractivity contribution >= 4 is 22.4 Å². The first-order chi connectivity index (χ1) is 11.1. The first kappa shape index (κ1) is 15.6. The molecule has 0 radical (unpaired) electrons. The molecule has 1 fully saturated rings. The van der Waals surface area contributed by atoms with Crippen molar-refractivity contribution in [3.8, 4) is 11.8 Å². The van der Waals surface area contributed by atoms with Crippen LogP contribution in [0.4, 0.5) is 5.13 Å². The molecular weight excluding hydrogens is 306 g/mol. The van der Waals surface area contributed by atoms with Crippen LogP contribution in [0.1, 0.15) is 22.4 Å². The molecule has 3 rings (SSSR count). The van der Waals surface area contributed by atoms with Crippen LogP contribution in [0.15, 0.2) is 30.5 Å². The SMILES string of the molecule is Cc1cccc(C#CC(=O)NC2CCN(c3ncc(C)s3)C2)c1.